The molecule has 0 aliphatic carbocycles. The monoisotopic (exact) mass is 290 g/mol. The zero-order valence-electron chi connectivity index (χ0n) is 11.7. The molecule has 0 aliphatic heterocycles. The van der Waals surface area contributed by atoms with Gasteiger partial charge in [-0.1, -0.05) is 13.8 Å². The first-order chi connectivity index (χ1) is 9.05. The molecule has 4 nitrogen and oxygen atoms in total. The lowest BCUT2D eigenvalue weighted by Crippen LogP contribution is -2.35. The van der Waals surface area contributed by atoms with Crippen LogP contribution in [0.3, 0.4) is 0 Å². The molecule has 0 spiro atoms. The standard InChI is InChI=1S/C13H17F3N2O2/c1-7(2)8(3)18(4)11-9(12(19)20)5-6-10(17-11)13(14,15)16/h5-8H,1-4H3,(H,19,20). The van der Waals surface area contributed by atoms with Crippen molar-refractivity contribution >= 4 is 11.8 Å². The number of carbonyl (C=O) groups is 1. The van der Waals surface area contributed by atoms with E-state index in [1.165, 1.54) is 4.90 Å². The molecule has 0 fully saturated rings. The highest BCUT2D eigenvalue weighted by molar-refractivity contribution is 5.93. The molecule has 1 heterocycles. The van der Waals surface area contributed by atoms with Crippen molar-refractivity contribution in [2.45, 2.75) is 33.0 Å². The summed E-state index contributed by atoms with van der Waals surface area (Å²) in [6.45, 7) is 5.60. The van der Waals surface area contributed by atoms with Gasteiger partial charge in [-0.05, 0) is 25.0 Å². The third-order valence-corrected chi connectivity index (χ3v) is 3.31. The molecule has 0 saturated carbocycles. The highest BCUT2D eigenvalue weighted by Crippen LogP contribution is 2.31. The third-order valence-electron chi connectivity index (χ3n) is 3.31. The zero-order chi connectivity index (χ0) is 15.7. The fourth-order valence-electron chi connectivity index (χ4n) is 1.68. The average molecular weight is 290 g/mol. The predicted molar refractivity (Wildman–Crippen MR) is 68.9 cm³/mol. The Balaban J connectivity index is 3.36. The summed E-state index contributed by atoms with van der Waals surface area (Å²) in [6, 6.07) is 1.47. The average Bonchev–Trinajstić information content (AvgIpc) is 2.34. The van der Waals surface area contributed by atoms with Crippen LogP contribution in [-0.4, -0.2) is 29.1 Å². The van der Waals surface area contributed by atoms with Gasteiger partial charge in [-0.2, -0.15) is 13.2 Å². The number of halogens is 3. The number of anilines is 1. The van der Waals surface area contributed by atoms with E-state index in [4.69, 9.17) is 5.11 Å². The van der Waals surface area contributed by atoms with E-state index in [2.05, 4.69) is 4.98 Å². The van der Waals surface area contributed by atoms with E-state index < -0.39 is 17.8 Å². The van der Waals surface area contributed by atoms with Crippen LogP contribution in [-0.2, 0) is 6.18 Å². The number of carboxylic acids is 1. The molecule has 1 unspecified atom stereocenters. The van der Waals surface area contributed by atoms with Crippen LogP contribution in [0.15, 0.2) is 12.1 Å². The minimum atomic E-state index is -4.60. The zero-order valence-corrected chi connectivity index (χ0v) is 11.7. The Kier molecular flexibility index (Phi) is 4.62. The van der Waals surface area contributed by atoms with Crippen molar-refractivity contribution < 1.29 is 23.1 Å². The first-order valence-corrected chi connectivity index (χ1v) is 6.10. The van der Waals surface area contributed by atoms with Crippen molar-refractivity contribution in [3.05, 3.63) is 23.4 Å². The summed E-state index contributed by atoms with van der Waals surface area (Å²) in [5, 5.41) is 9.08. The van der Waals surface area contributed by atoms with Crippen LogP contribution >= 0.6 is 0 Å². The number of hydrogen-bond acceptors (Lipinski definition) is 3. The summed E-state index contributed by atoms with van der Waals surface area (Å²) in [5.41, 5.74) is -1.34. The number of rotatable bonds is 4. The van der Waals surface area contributed by atoms with E-state index in [0.717, 1.165) is 6.07 Å². The maximum absolute atomic E-state index is 12.7. The molecule has 0 saturated heterocycles. The van der Waals surface area contributed by atoms with E-state index in [1.54, 1.807) is 14.0 Å². The number of aromatic nitrogens is 1. The summed E-state index contributed by atoms with van der Waals surface area (Å²) < 4.78 is 38.1. The van der Waals surface area contributed by atoms with E-state index in [1.807, 2.05) is 13.8 Å². The molecule has 20 heavy (non-hydrogen) atoms. The first kappa shape index (κ1) is 16.3. The fourth-order valence-corrected chi connectivity index (χ4v) is 1.68. The van der Waals surface area contributed by atoms with Gasteiger partial charge < -0.3 is 10.0 Å². The van der Waals surface area contributed by atoms with Crippen molar-refractivity contribution in [3.8, 4) is 0 Å². The van der Waals surface area contributed by atoms with E-state index >= 15 is 0 Å². The predicted octanol–water partition coefficient (Wildman–Crippen LogP) is 3.28. The van der Waals surface area contributed by atoms with Crippen LogP contribution < -0.4 is 4.90 Å². The van der Waals surface area contributed by atoms with Crippen LogP contribution in [0.25, 0.3) is 0 Å². The molecule has 1 aromatic heterocycles. The van der Waals surface area contributed by atoms with Gasteiger partial charge in [0.05, 0.1) is 0 Å². The van der Waals surface area contributed by atoms with Gasteiger partial charge in [0.15, 0.2) is 0 Å². The van der Waals surface area contributed by atoms with Crippen molar-refractivity contribution in [1.82, 2.24) is 4.98 Å². The molecule has 0 bridgehead atoms. The van der Waals surface area contributed by atoms with E-state index in [0.29, 0.717) is 6.07 Å². The molecular formula is C13H17F3N2O2. The minimum absolute atomic E-state index is 0.137. The molecule has 0 radical (unpaired) electrons. The molecule has 1 N–H and O–H groups in total. The van der Waals surface area contributed by atoms with Gasteiger partial charge in [0.2, 0.25) is 0 Å². The molecule has 1 aromatic rings. The van der Waals surface area contributed by atoms with Crippen LogP contribution in [0.2, 0.25) is 0 Å². The first-order valence-electron chi connectivity index (χ1n) is 6.10. The Morgan fingerprint density at radius 3 is 2.25 bits per heavy atom. The number of hydrogen-bond donors (Lipinski definition) is 1. The molecule has 1 rings (SSSR count). The van der Waals surface area contributed by atoms with Crippen molar-refractivity contribution in [2.75, 3.05) is 11.9 Å². The Hall–Kier alpha value is -1.79. The van der Waals surface area contributed by atoms with Crippen molar-refractivity contribution in [2.24, 2.45) is 5.92 Å². The van der Waals surface area contributed by atoms with Crippen molar-refractivity contribution in [1.29, 1.82) is 0 Å². The smallest absolute Gasteiger partial charge is 0.433 e. The van der Waals surface area contributed by atoms with Gasteiger partial charge in [0.1, 0.15) is 17.1 Å². The summed E-state index contributed by atoms with van der Waals surface area (Å²) >= 11 is 0. The Morgan fingerprint density at radius 1 is 1.30 bits per heavy atom. The Bertz CT molecular complexity index is 501. The molecule has 1 atom stereocenters. The normalized spacial score (nSPS) is 13.4. The number of alkyl halides is 3. The number of pyridine rings is 1. The summed E-state index contributed by atoms with van der Waals surface area (Å²) in [7, 11) is 1.54. The lowest BCUT2D eigenvalue weighted by Gasteiger charge is -2.30. The molecule has 0 aliphatic rings. The fraction of sp³-hybridized carbons (Fsp3) is 0.538. The Labute approximate surface area is 115 Å². The second-order valence-corrected chi connectivity index (χ2v) is 4.97. The second-order valence-electron chi connectivity index (χ2n) is 4.97. The van der Waals surface area contributed by atoms with Crippen LogP contribution in [0.5, 0.6) is 0 Å². The minimum Gasteiger partial charge on any atom is -0.478 e. The summed E-state index contributed by atoms with van der Waals surface area (Å²) in [4.78, 5) is 16.1. The van der Waals surface area contributed by atoms with Crippen LogP contribution in [0, 0.1) is 5.92 Å². The molecular weight excluding hydrogens is 273 g/mol. The molecule has 112 valence electrons. The largest absolute Gasteiger partial charge is 0.478 e. The highest BCUT2D eigenvalue weighted by atomic mass is 19.4. The maximum Gasteiger partial charge on any atom is 0.433 e. The number of nitrogens with zero attached hydrogens (tertiary/aromatic N) is 2. The second kappa shape index (κ2) is 5.68. The quantitative estimate of drug-likeness (QED) is 0.924. The summed E-state index contributed by atoms with van der Waals surface area (Å²) in [6.07, 6.45) is -4.60. The molecule has 0 amide bonds. The summed E-state index contributed by atoms with van der Waals surface area (Å²) in [5.74, 6) is -1.34. The lowest BCUT2D eigenvalue weighted by atomic mass is 10.0. The van der Waals surface area contributed by atoms with Gasteiger partial charge in [-0.3, -0.25) is 0 Å². The van der Waals surface area contributed by atoms with E-state index in [-0.39, 0.29) is 23.3 Å². The SMILES string of the molecule is CC(C)C(C)N(C)c1nc(C(F)(F)F)ccc1C(=O)O. The van der Waals surface area contributed by atoms with Gasteiger partial charge in [0, 0.05) is 13.1 Å². The van der Waals surface area contributed by atoms with Gasteiger partial charge in [-0.15, -0.1) is 0 Å². The molecule has 7 heteroatoms. The van der Waals surface area contributed by atoms with Gasteiger partial charge in [0.25, 0.3) is 0 Å². The van der Waals surface area contributed by atoms with Gasteiger partial charge in [-0.25, -0.2) is 9.78 Å². The molecule has 0 aromatic carbocycles. The van der Waals surface area contributed by atoms with Crippen molar-refractivity contribution in [3.63, 3.8) is 0 Å². The van der Waals surface area contributed by atoms with Gasteiger partial charge >= 0.3 is 12.1 Å². The lowest BCUT2D eigenvalue weighted by molar-refractivity contribution is -0.141. The van der Waals surface area contributed by atoms with Crippen LogP contribution in [0.1, 0.15) is 36.8 Å². The topological polar surface area (TPSA) is 53.4 Å². The van der Waals surface area contributed by atoms with E-state index in [9.17, 15) is 18.0 Å². The number of aromatic carboxylic acids is 1. The maximum atomic E-state index is 12.7. The third kappa shape index (κ3) is 3.40. The number of carboxylic acid groups (broad SMARTS) is 1. The van der Waals surface area contributed by atoms with Crippen LogP contribution in [0.4, 0.5) is 19.0 Å². The Morgan fingerprint density at radius 2 is 1.85 bits per heavy atom. The highest BCUT2D eigenvalue weighted by Gasteiger charge is 2.34.